The average molecular weight is 260 g/mol. The van der Waals surface area contributed by atoms with Crippen LogP contribution >= 0.6 is 0 Å². The molecule has 0 aromatic heterocycles. The molecule has 0 radical (unpaired) electrons. The summed E-state index contributed by atoms with van der Waals surface area (Å²) in [6.45, 7) is 3.64. The summed E-state index contributed by atoms with van der Waals surface area (Å²) >= 11 is 0. The van der Waals surface area contributed by atoms with Gasteiger partial charge in [0.2, 0.25) is 0 Å². The molecule has 1 N–H and O–H groups in total. The summed E-state index contributed by atoms with van der Waals surface area (Å²) in [5, 5.41) is 8.68. The monoisotopic (exact) mass is 260 g/mol. The summed E-state index contributed by atoms with van der Waals surface area (Å²) in [6, 6.07) is 2.77. The van der Waals surface area contributed by atoms with Crippen LogP contribution in [0.3, 0.4) is 0 Å². The highest BCUT2D eigenvalue weighted by Gasteiger charge is 2.35. The molecule has 0 unspecified atom stereocenters. The number of hydrogen-bond acceptors (Lipinski definition) is 2. The molecule has 0 heterocycles. The molecule has 0 aliphatic heterocycles. The SMILES string of the molecule is C=CCCOc1ccc(C(=O)O)c(C(F)(F)F)c1. The van der Waals surface area contributed by atoms with E-state index < -0.39 is 23.3 Å². The summed E-state index contributed by atoms with van der Waals surface area (Å²) in [6.07, 6.45) is -2.68. The maximum absolute atomic E-state index is 12.6. The molecule has 0 atom stereocenters. The van der Waals surface area contributed by atoms with E-state index in [4.69, 9.17) is 9.84 Å². The molecule has 0 fully saturated rings. The van der Waals surface area contributed by atoms with Gasteiger partial charge in [-0.05, 0) is 24.6 Å². The minimum atomic E-state index is -4.73. The number of halogens is 3. The van der Waals surface area contributed by atoms with Crippen LogP contribution in [0.4, 0.5) is 13.2 Å². The smallest absolute Gasteiger partial charge is 0.417 e. The zero-order valence-electron chi connectivity index (χ0n) is 9.33. The molecule has 3 nitrogen and oxygen atoms in total. The van der Waals surface area contributed by atoms with Crippen LogP contribution in [0, 0.1) is 0 Å². The van der Waals surface area contributed by atoms with Crippen molar-refractivity contribution in [1.82, 2.24) is 0 Å². The zero-order chi connectivity index (χ0) is 13.8. The van der Waals surface area contributed by atoms with Crippen molar-refractivity contribution in [2.75, 3.05) is 6.61 Å². The summed E-state index contributed by atoms with van der Waals surface area (Å²) < 4.78 is 43.0. The van der Waals surface area contributed by atoms with Gasteiger partial charge in [-0.15, -0.1) is 6.58 Å². The van der Waals surface area contributed by atoms with E-state index in [2.05, 4.69) is 6.58 Å². The highest BCUT2D eigenvalue weighted by atomic mass is 19.4. The normalized spacial score (nSPS) is 11.1. The molecule has 1 aromatic rings. The van der Waals surface area contributed by atoms with Crippen LogP contribution in [0.25, 0.3) is 0 Å². The third-order valence-electron chi connectivity index (χ3n) is 2.12. The summed E-state index contributed by atoms with van der Waals surface area (Å²) in [4.78, 5) is 10.7. The number of carboxylic acids is 1. The Kier molecular flexibility index (Phi) is 4.36. The second-order valence-corrected chi connectivity index (χ2v) is 3.44. The van der Waals surface area contributed by atoms with Crippen LogP contribution in [0.2, 0.25) is 0 Å². The fourth-order valence-corrected chi connectivity index (χ4v) is 1.29. The molecule has 1 aromatic carbocycles. The van der Waals surface area contributed by atoms with E-state index in [0.717, 1.165) is 6.07 Å². The van der Waals surface area contributed by atoms with Crippen molar-refractivity contribution in [3.8, 4) is 5.75 Å². The number of rotatable bonds is 5. The van der Waals surface area contributed by atoms with E-state index >= 15 is 0 Å². The molecule has 1 rings (SSSR count). The van der Waals surface area contributed by atoms with E-state index in [1.165, 1.54) is 6.07 Å². The van der Waals surface area contributed by atoms with Gasteiger partial charge in [-0.25, -0.2) is 4.79 Å². The molecule has 0 spiro atoms. The van der Waals surface area contributed by atoms with Crippen molar-refractivity contribution in [1.29, 1.82) is 0 Å². The Hall–Kier alpha value is -1.98. The lowest BCUT2D eigenvalue weighted by Gasteiger charge is -2.12. The molecule has 0 saturated carbocycles. The standard InChI is InChI=1S/C12H11F3O3/c1-2-3-6-18-8-4-5-9(11(16)17)10(7-8)12(13,14)15/h2,4-5,7H,1,3,6H2,(H,16,17). The van der Waals surface area contributed by atoms with Crippen molar-refractivity contribution in [2.45, 2.75) is 12.6 Å². The van der Waals surface area contributed by atoms with Gasteiger partial charge in [-0.3, -0.25) is 0 Å². The Morgan fingerprint density at radius 3 is 2.61 bits per heavy atom. The minimum Gasteiger partial charge on any atom is -0.493 e. The van der Waals surface area contributed by atoms with Gasteiger partial charge in [0.05, 0.1) is 17.7 Å². The summed E-state index contributed by atoms with van der Waals surface area (Å²) in [7, 11) is 0. The van der Waals surface area contributed by atoms with Crippen LogP contribution in [0.1, 0.15) is 22.3 Å². The first-order valence-corrected chi connectivity index (χ1v) is 5.04. The lowest BCUT2D eigenvalue weighted by Crippen LogP contribution is -2.13. The van der Waals surface area contributed by atoms with Gasteiger partial charge in [-0.1, -0.05) is 6.08 Å². The molecule has 0 aliphatic rings. The third-order valence-corrected chi connectivity index (χ3v) is 2.12. The number of ether oxygens (including phenoxy) is 1. The van der Waals surface area contributed by atoms with E-state index in [1.54, 1.807) is 6.08 Å². The van der Waals surface area contributed by atoms with Crippen molar-refractivity contribution >= 4 is 5.97 Å². The first-order valence-electron chi connectivity index (χ1n) is 5.04. The number of hydrogen-bond donors (Lipinski definition) is 1. The average Bonchev–Trinajstić information content (AvgIpc) is 2.28. The largest absolute Gasteiger partial charge is 0.493 e. The maximum Gasteiger partial charge on any atom is 0.417 e. The predicted octanol–water partition coefficient (Wildman–Crippen LogP) is 3.36. The van der Waals surface area contributed by atoms with Crippen LogP contribution < -0.4 is 4.74 Å². The Morgan fingerprint density at radius 1 is 1.44 bits per heavy atom. The van der Waals surface area contributed by atoms with Crippen molar-refractivity contribution in [2.24, 2.45) is 0 Å². The molecular formula is C12H11F3O3. The maximum atomic E-state index is 12.6. The highest BCUT2D eigenvalue weighted by molar-refractivity contribution is 5.89. The lowest BCUT2D eigenvalue weighted by atomic mass is 10.1. The molecule has 0 bridgehead atoms. The van der Waals surface area contributed by atoms with Crippen LogP contribution in [0.5, 0.6) is 5.75 Å². The minimum absolute atomic E-state index is 0.0193. The van der Waals surface area contributed by atoms with E-state index in [1.807, 2.05) is 0 Å². The molecule has 0 amide bonds. The third kappa shape index (κ3) is 3.51. The number of carboxylic acid groups (broad SMARTS) is 1. The van der Waals surface area contributed by atoms with Gasteiger partial charge in [-0.2, -0.15) is 13.2 Å². The molecule has 0 aliphatic carbocycles. The Morgan fingerprint density at radius 2 is 2.11 bits per heavy atom. The first kappa shape index (κ1) is 14.1. The van der Waals surface area contributed by atoms with Crippen LogP contribution in [-0.4, -0.2) is 17.7 Å². The Bertz CT molecular complexity index is 452. The van der Waals surface area contributed by atoms with Gasteiger partial charge in [0, 0.05) is 0 Å². The van der Waals surface area contributed by atoms with Gasteiger partial charge in [0.1, 0.15) is 5.75 Å². The molecule has 98 valence electrons. The van der Waals surface area contributed by atoms with Gasteiger partial charge < -0.3 is 9.84 Å². The van der Waals surface area contributed by atoms with E-state index in [-0.39, 0.29) is 12.4 Å². The van der Waals surface area contributed by atoms with E-state index in [9.17, 15) is 18.0 Å². The zero-order valence-corrected chi connectivity index (χ0v) is 9.33. The van der Waals surface area contributed by atoms with Crippen LogP contribution in [-0.2, 0) is 6.18 Å². The summed E-state index contributed by atoms with van der Waals surface area (Å²) in [5.41, 5.74) is -2.01. The topological polar surface area (TPSA) is 46.5 Å². The number of benzene rings is 1. The van der Waals surface area contributed by atoms with Crippen LogP contribution in [0.15, 0.2) is 30.9 Å². The van der Waals surface area contributed by atoms with Crippen molar-refractivity contribution in [3.05, 3.63) is 42.0 Å². The Balaban J connectivity index is 3.06. The quantitative estimate of drug-likeness (QED) is 0.652. The molecular weight excluding hydrogens is 249 g/mol. The second kappa shape index (κ2) is 5.57. The van der Waals surface area contributed by atoms with Gasteiger partial charge in [0.15, 0.2) is 0 Å². The lowest BCUT2D eigenvalue weighted by molar-refractivity contribution is -0.138. The number of alkyl halides is 3. The van der Waals surface area contributed by atoms with Crippen molar-refractivity contribution in [3.63, 3.8) is 0 Å². The van der Waals surface area contributed by atoms with Gasteiger partial charge in [0.25, 0.3) is 0 Å². The summed E-state index contributed by atoms with van der Waals surface area (Å²) in [5.74, 6) is -1.64. The molecule has 6 heteroatoms. The number of aromatic carboxylic acids is 1. The van der Waals surface area contributed by atoms with Crippen molar-refractivity contribution < 1.29 is 27.8 Å². The molecule has 0 saturated heterocycles. The fraction of sp³-hybridized carbons (Fsp3) is 0.250. The Labute approximate surface area is 101 Å². The fourth-order valence-electron chi connectivity index (χ4n) is 1.29. The highest BCUT2D eigenvalue weighted by Crippen LogP contribution is 2.34. The molecule has 18 heavy (non-hydrogen) atoms. The first-order chi connectivity index (χ1) is 8.36. The predicted molar refractivity (Wildman–Crippen MR) is 58.7 cm³/mol. The second-order valence-electron chi connectivity index (χ2n) is 3.44. The number of carbonyl (C=O) groups is 1. The van der Waals surface area contributed by atoms with E-state index in [0.29, 0.717) is 12.5 Å². The van der Waals surface area contributed by atoms with Gasteiger partial charge >= 0.3 is 12.1 Å².